The van der Waals surface area contributed by atoms with E-state index >= 15 is 0 Å². The molecule has 61 heavy (non-hydrogen) atoms. The molecule has 7 heteroatoms. The molecule has 0 saturated heterocycles. The van der Waals surface area contributed by atoms with E-state index in [2.05, 4.69) is 176 Å². The molecule has 0 amide bonds. The Hall–Kier alpha value is -5.46. The Bertz CT molecular complexity index is 2980. The zero-order valence-corrected chi connectivity index (χ0v) is 40.5. The molecule has 311 valence electrons. The number of hydrogen-bond donors (Lipinski definition) is 0. The van der Waals surface area contributed by atoms with E-state index in [1.807, 2.05) is 36.4 Å². The minimum atomic E-state index is -1.27. The van der Waals surface area contributed by atoms with E-state index in [-0.39, 0.29) is 31.9 Å². The number of benzene rings is 5. The van der Waals surface area contributed by atoms with Gasteiger partial charge in [0.05, 0.1) is 36.2 Å². The molecule has 9 rings (SSSR count). The number of hydrogen-bond acceptors (Lipinski definition) is 4. The fraction of sp³-hybridized carbons (Fsp3) is 0.241. The number of fused-ring (bicyclic) bond motifs is 4. The van der Waals surface area contributed by atoms with Crippen LogP contribution in [0, 0.1) is 39.8 Å². The maximum absolute atomic E-state index is 6.54. The monoisotopic (exact) mass is 995 g/mol. The molecular weight excluding hydrogens is 941 g/mol. The van der Waals surface area contributed by atoms with Crippen molar-refractivity contribution >= 4 is 46.2 Å². The first kappa shape index (κ1) is 43.6. The quantitative estimate of drug-likeness (QED) is 0.118. The van der Waals surface area contributed by atoms with Gasteiger partial charge in [0.1, 0.15) is 5.58 Å². The second-order valence-corrected chi connectivity index (χ2v) is 22.7. The van der Waals surface area contributed by atoms with Crippen LogP contribution in [0.25, 0.3) is 72.4 Å². The number of aryl methyl sites for hydroxylation is 4. The summed E-state index contributed by atoms with van der Waals surface area (Å²) in [5.41, 5.74) is 17.3. The van der Waals surface area contributed by atoms with Gasteiger partial charge in [0.15, 0.2) is 0 Å². The minimum Gasteiger partial charge on any atom is -0.501 e. The molecule has 0 bridgehead atoms. The van der Waals surface area contributed by atoms with Crippen molar-refractivity contribution in [3.05, 3.63) is 161 Å². The Balaban J connectivity index is 0.000000262. The summed E-state index contributed by atoms with van der Waals surface area (Å²) < 4.78 is 8.93. The summed E-state index contributed by atoms with van der Waals surface area (Å²) in [6, 6.07) is 44.7. The number of nitrogens with zero attached hydrogens (tertiary/aromatic N) is 4. The molecule has 0 unspecified atom stereocenters. The molecule has 5 nitrogen and oxygen atoms in total. The topological polar surface area (TPSA) is 56.7 Å². The normalized spacial score (nSPS) is 11.7. The number of furan rings is 1. The van der Waals surface area contributed by atoms with Gasteiger partial charge in [0, 0.05) is 43.1 Å². The van der Waals surface area contributed by atoms with Crippen molar-refractivity contribution in [2.75, 3.05) is 0 Å². The summed E-state index contributed by atoms with van der Waals surface area (Å²) >= 11 is 0. The van der Waals surface area contributed by atoms with Gasteiger partial charge in [-0.3, -0.25) is 9.97 Å². The molecule has 0 atom stereocenters. The third-order valence-corrected chi connectivity index (χ3v) is 13.8. The zero-order valence-electron chi connectivity index (χ0n) is 37.2. The molecule has 5 aromatic carbocycles. The summed E-state index contributed by atoms with van der Waals surface area (Å²) in [5.74, 6) is 1.38. The van der Waals surface area contributed by atoms with Gasteiger partial charge in [-0.15, -0.1) is 54.1 Å². The average molecular weight is 995 g/mol. The minimum absolute atomic E-state index is 0. The number of para-hydroxylation sites is 1. The second kappa shape index (κ2) is 17.5. The maximum Gasteiger partial charge on any atom is 0.120 e. The van der Waals surface area contributed by atoms with E-state index in [1.165, 1.54) is 38.7 Å². The van der Waals surface area contributed by atoms with Crippen LogP contribution in [0.1, 0.15) is 73.2 Å². The van der Waals surface area contributed by atoms with Crippen molar-refractivity contribution in [3.8, 4) is 39.5 Å². The van der Waals surface area contributed by atoms with Crippen molar-refractivity contribution in [3.63, 3.8) is 0 Å². The van der Waals surface area contributed by atoms with Crippen LogP contribution in [0.3, 0.4) is 0 Å². The molecule has 0 aliphatic carbocycles. The third-order valence-electron chi connectivity index (χ3n) is 11.7. The fourth-order valence-electron chi connectivity index (χ4n) is 8.48. The predicted molar refractivity (Wildman–Crippen MR) is 254 cm³/mol. The van der Waals surface area contributed by atoms with Crippen LogP contribution < -0.4 is 5.19 Å². The number of pyridine rings is 2. The van der Waals surface area contributed by atoms with Gasteiger partial charge in [-0.1, -0.05) is 118 Å². The van der Waals surface area contributed by atoms with E-state index in [4.69, 9.17) is 14.4 Å². The summed E-state index contributed by atoms with van der Waals surface area (Å²) in [6.45, 7) is 24.7. The zero-order chi connectivity index (χ0) is 42.5. The molecule has 0 saturated carbocycles. The fourth-order valence-corrected chi connectivity index (χ4v) is 10.2. The maximum atomic E-state index is 6.54. The molecule has 1 radical (unpaired) electrons. The molecule has 0 aliphatic heterocycles. The van der Waals surface area contributed by atoms with E-state index in [0.29, 0.717) is 0 Å². The second-order valence-electron chi connectivity index (χ2n) is 17.7. The van der Waals surface area contributed by atoms with Crippen molar-refractivity contribution in [1.82, 2.24) is 19.5 Å². The van der Waals surface area contributed by atoms with Gasteiger partial charge in [-0.05, 0) is 96.4 Å². The predicted octanol–water partition coefficient (Wildman–Crippen LogP) is 14.0. The Morgan fingerprint density at radius 3 is 1.98 bits per heavy atom. The molecular formula is C54H54IrN4OSi-2. The first-order chi connectivity index (χ1) is 28.7. The Morgan fingerprint density at radius 1 is 0.672 bits per heavy atom. The standard InChI is InChI=1S/C39H36N3O.C15H18NSi.Ir/c1-22(2)32-20-28(27-14-9-8-10-15-27)21-33(23(3)4)37(32)42-36-24(5)25(6)40-26(7)35(36)41-39(42)31-18-13-17-30-29-16-11-12-19-34(29)43-38(30)31;1-12-10-14(13-8-6-5-7-9-13)16-11-15(12)17(2,3)4;/h8-17,19-23H,1-7H3;5-8,10-11H,1-4H3;/q2*-1;. The number of imidazole rings is 1. The molecule has 0 N–H and O–H groups in total. The van der Waals surface area contributed by atoms with Crippen molar-refractivity contribution < 1.29 is 24.5 Å². The van der Waals surface area contributed by atoms with E-state index in [1.54, 1.807) is 0 Å². The Morgan fingerprint density at radius 2 is 1.34 bits per heavy atom. The van der Waals surface area contributed by atoms with Crippen LogP contribution in [0.4, 0.5) is 0 Å². The molecule has 4 heterocycles. The average Bonchev–Trinajstić information content (AvgIpc) is 3.83. The van der Waals surface area contributed by atoms with Crippen molar-refractivity contribution in [2.45, 2.75) is 86.9 Å². The van der Waals surface area contributed by atoms with Crippen LogP contribution in [0.5, 0.6) is 0 Å². The van der Waals surface area contributed by atoms with Crippen molar-refractivity contribution in [1.29, 1.82) is 0 Å². The summed E-state index contributed by atoms with van der Waals surface area (Å²) in [7, 11) is -1.27. The largest absolute Gasteiger partial charge is 0.501 e. The van der Waals surface area contributed by atoms with Gasteiger partial charge in [-0.2, -0.15) is 0 Å². The van der Waals surface area contributed by atoms with Crippen LogP contribution in [0.15, 0.2) is 120 Å². The molecule has 0 fully saturated rings. The molecule has 4 aromatic heterocycles. The summed E-state index contributed by atoms with van der Waals surface area (Å²) in [6.07, 6.45) is 2.05. The SMILES string of the molecule is Cc1cc(-c2[c-]cccc2)ncc1[Si](C)(C)C.Cc1nc(C)c2nc(-c3[c-]ccc4c3oc3ccccc34)n(-c3c(C(C)C)cc(-c4ccccc4)cc3C(C)C)c2c1C.[Ir]. The van der Waals surface area contributed by atoms with Gasteiger partial charge < -0.3 is 14.0 Å². The van der Waals surface area contributed by atoms with Gasteiger partial charge in [-0.25, -0.2) is 0 Å². The van der Waals surface area contributed by atoms with Gasteiger partial charge >= 0.3 is 0 Å². The van der Waals surface area contributed by atoms with Crippen molar-refractivity contribution in [2.24, 2.45) is 0 Å². The van der Waals surface area contributed by atoms with E-state index < -0.39 is 8.07 Å². The first-order valence-corrected chi connectivity index (χ1v) is 24.6. The van der Waals surface area contributed by atoms with Crippen LogP contribution in [0.2, 0.25) is 19.6 Å². The van der Waals surface area contributed by atoms with Crippen LogP contribution in [-0.4, -0.2) is 27.6 Å². The van der Waals surface area contributed by atoms with Gasteiger partial charge in [0.25, 0.3) is 0 Å². The van der Waals surface area contributed by atoms with E-state index in [9.17, 15) is 0 Å². The Kier molecular flexibility index (Phi) is 12.5. The smallest absolute Gasteiger partial charge is 0.120 e. The Labute approximate surface area is 375 Å². The third kappa shape index (κ3) is 8.32. The van der Waals surface area contributed by atoms with Crippen LogP contribution in [-0.2, 0) is 20.1 Å². The summed E-state index contributed by atoms with van der Waals surface area (Å²) in [4.78, 5) is 14.9. The van der Waals surface area contributed by atoms with Crippen LogP contribution >= 0.6 is 0 Å². The molecule has 0 aliphatic rings. The first-order valence-electron chi connectivity index (χ1n) is 21.1. The number of rotatable bonds is 7. The van der Waals surface area contributed by atoms with E-state index in [0.717, 1.165) is 72.6 Å². The van der Waals surface area contributed by atoms with Gasteiger partial charge in [0.2, 0.25) is 0 Å². The summed E-state index contributed by atoms with van der Waals surface area (Å²) in [5, 5.41) is 3.61. The molecule has 9 aromatic rings. The molecule has 0 spiro atoms. The number of aromatic nitrogens is 4.